The normalized spacial score (nSPS) is 13.0. The zero-order valence-electron chi connectivity index (χ0n) is 5.80. The number of halogens is 2. The summed E-state index contributed by atoms with van der Waals surface area (Å²) in [6.07, 6.45) is 1.58. The van der Waals surface area contributed by atoms with Crippen LogP contribution >= 0.6 is 23.2 Å². The van der Waals surface area contributed by atoms with E-state index in [1.807, 2.05) is 0 Å². The Morgan fingerprint density at radius 1 is 1.36 bits per heavy atom. The molecular formula is C7H6Cl2OS. The number of rotatable bonds is 1. The number of hydrogen-bond acceptors (Lipinski definition) is 1. The molecule has 1 nitrogen and oxygen atoms in total. The lowest BCUT2D eigenvalue weighted by molar-refractivity contribution is 0.687. The largest absolute Gasteiger partial charge is 0.255 e. The first-order chi connectivity index (χ1) is 5.11. The molecule has 0 N–H and O–H groups in total. The summed E-state index contributed by atoms with van der Waals surface area (Å²) < 4.78 is 11.0. The Hall–Kier alpha value is -0.0500. The summed E-state index contributed by atoms with van der Waals surface area (Å²) in [7, 11) is -1.04. The van der Waals surface area contributed by atoms with Crippen molar-refractivity contribution in [2.75, 3.05) is 6.26 Å². The zero-order chi connectivity index (χ0) is 8.43. The van der Waals surface area contributed by atoms with Gasteiger partial charge in [0, 0.05) is 11.3 Å². The Balaban J connectivity index is 3.20. The summed E-state index contributed by atoms with van der Waals surface area (Å²) in [6.45, 7) is 0. The van der Waals surface area contributed by atoms with Crippen molar-refractivity contribution in [2.45, 2.75) is 4.90 Å². The predicted molar refractivity (Wildman–Crippen MR) is 48.8 cm³/mol. The van der Waals surface area contributed by atoms with Crippen molar-refractivity contribution in [1.29, 1.82) is 0 Å². The predicted octanol–water partition coefficient (Wildman–Crippen LogP) is 2.73. The van der Waals surface area contributed by atoms with Crippen molar-refractivity contribution < 1.29 is 4.21 Å². The smallest absolute Gasteiger partial charge is 0.0582 e. The van der Waals surface area contributed by atoms with Crippen molar-refractivity contribution in [2.24, 2.45) is 0 Å². The second-order valence-corrected chi connectivity index (χ2v) is 4.22. The van der Waals surface area contributed by atoms with Crippen LogP contribution in [0.5, 0.6) is 0 Å². The zero-order valence-corrected chi connectivity index (χ0v) is 8.13. The van der Waals surface area contributed by atoms with E-state index < -0.39 is 10.8 Å². The van der Waals surface area contributed by atoms with Crippen LogP contribution in [-0.2, 0) is 10.8 Å². The lowest BCUT2D eigenvalue weighted by Gasteiger charge is -1.98. The number of benzene rings is 1. The summed E-state index contributed by atoms with van der Waals surface area (Å²) in [4.78, 5) is 0.621. The molecule has 0 saturated heterocycles. The maximum atomic E-state index is 11.0. The first kappa shape index (κ1) is 9.04. The molecule has 4 heteroatoms. The van der Waals surface area contributed by atoms with Gasteiger partial charge in [-0.25, -0.2) is 0 Å². The SMILES string of the molecule is C[S@@](=O)c1ccc(Cl)cc1Cl. The fraction of sp³-hybridized carbons (Fsp3) is 0.143. The highest BCUT2D eigenvalue weighted by molar-refractivity contribution is 7.84. The Labute approximate surface area is 77.8 Å². The van der Waals surface area contributed by atoms with Crippen LogP contribution in [0.1, 0.15) is 0 Å². The third-order valence-corrected chi connectivity index (χ3v) is 2.84. The molecule has 0 spiro atoms. The molecule has 0 aromatic heterocycles. The van der Waals surface area contributed by atoms with Crippen LogP contribution in [0.2, 0.25) is 10.0 Å². The fourth-order valence-electron chi connectivity index (χ4n) is 0.708. The van der Waals surface area contributed by atoms with Crippen molar-refractivity contribution in [3.63, 3.8) is 0 Å². The standard InChI is InChI=1S/C7H6Cl2OS/c1-11(10)7-3-2-5(8)4-6(7)9/h2-4H,1H3/t11-/m1/s1. The molecule has 0 aliphatic heterocycles. The summed E-state index contributed by atoms with van der Waals surface area (Å²) >= 11 is 11.4. The van der Waals surface area contributed by atoms with E-state index in [1.165, 1.54) is 0 Å². The molecule has 0 radical (unpaired) electrons. The van der Waals surface area contributed by atoms with Gasteiger partial charge in [0.05, 0.1) is 20.7 Å². The molecule has 0 unspecified atom stereocenters. The minimum atomic E-state index is -1.04. The Bertz CT molecular complexity index is 298. The van der Waals surface area contributed by atoms with E-state index in [2.05, 4.69) is 0 Å². The van der Waals surface area contributed by atoms with Crippen molar-refractivity contribution in [3.8, 4) is 0 Å². The van der Waals surface area contributed by atoms with Gasteiger partial charge in [-0.2, -0.15) is 0 Å². The molecule has 1 aromatic rings. The molecule has 1 aromatic carbocycles. The van der Waals surface area contributed by atoms with Crippen LogP contribution in [0, 0.1) is 0 Å². The van der Waals surface area contributed by atoms with E-state index in [4.69, 9.17) is 23.2 Å². The van der Waals surface area contributed by atoms with E-state index in [0.29, 0.717) is 14.9 Å². The van der Waals surface area contributed by atoms with Crippen LogP contribution in [0.25, 0.3) is 0 Å². The topological polar surface area (TPSA) is 17.1 Å². The molecule has 0 heterocycles. The first-order valence-corrected chi connectivity index (χ1v) is 5.21. The molecule has 11 heavy (non-hydrogen) atoms. The van der Waals surface area contributed by atoms with Crippen LogP contribution < -0.4 is 0 Å². The van der Waals surface area contributed by atoms with Crippen molar-refractivity contribution in [1.82, 2.24) is 0 Å². The maximum absolute atomic E-state index is 11.0. The van der Waals surface area contributed by atoms with Crippen molar-refractivity contribution >= 4 is 34.0 Å². The Morgan fingerprint density at radius 2 is 2.00 bits per heavy atom. The molecule has 60 valence electrons. The van der Waals surface area contributed by atoms with E-state index in [1.54, 1.807) is 24.5 Å². The van der Waals surface area contributed by atoms with Crippen molar-refractivity contribution in [3.05, 3.63) is 28.2 Å². The van der Waals surface area contributed by atoms with Crippen LogP contribution in [0.15, 0.2) is 23.1 Å². The van der Waals surface area contributed by atoms with Gasteiger partial charge in [-0.15, -0.1) is 0 Å². The van der Waals surface area contributed by atoms with E-state index in [-0.39, 0.29) is 0 Å². The lowest BCUT2D eigenvalue weighted by atomic mass is 10.4. The summed E-state index contributed by atoms with van der Waals surface area (Å²) in [5, 5.41) is 1.02. The summed E-state index contributed by atoms with van der Waals surface area (Å²) in [6, 6.07) is 4.92. The van der Waals surface area contributed by atoms with Gasteiger partial charge >= 0.3 is 0 Å². The molecule has 1 rings (SSSR count). The van der Waals surface area contributed by atoms with Gasteiger partial charge in [0.15, 0.2) is 0 Å². The average molecular weight is 209 g/mol. The fourth-order valence-corrected chi connectivity index (χ4v) is 2.04. The van der Waals surface area contributed by atoms with Crippen LogP contribution in [-0.4, -0.2) is 10.5 Å². The van der Waals surface area contributed by atoms with Gasteiger partial charge < -0.3 is 0 Å². The highest BCUT2D eigenvalue weighted by Crippen LogP contribution is 2.22. The second kappa shape index (κ2) is 3.57. The lowest BCUT2D eigenvalue weighted by Crippen LogP contribution is -1.87. The highest BCUT2D eigenvalue weighted by atomic mass is 35.5. The van der Waals surface area contributed by atoms with Crippen LogP contribution in [0.4, 0.5) is 0 Å². The molecule has 0 fully saturated rings. The average Bonchev–Trinajstić information content (AvgIpc) is 1.85. The number of hydrogen-bond donors (Lipinski definition) is 0. The summed E-state index contributed by atoms with van der Waals surface area (Å²) in [5.74, 6) is 0. The van der Waals surface area contributed by atoms with E-state index in [0.717, 1.165) is 0 Å². The van der Waals surface area contributed by atoms with E-state index in [9.17, 15) is 4.21 Å². The molecular weight excluding hydrogens is 203 g/mol. The third kappa shape index (κ3) is 2.19. The molecule has 0 saturated carbocycles. The minimum Gasteiger partial charge on any atom is -0.255 e. The third-order valence-electron chi connectivity index (χ3n) is 1.20. The molecule has 0 aliphatic rings. The van der Waals surface area contributed by atoms with Gasteiger partial charge in [-0.05, 0) is 18.2 Å². The Morgan fingerprint density at radius 3 is 2.45 bits per heavy atom. The highest BCUT2D eigenvalue weighted by Gasteiger charge is 2.03. The van der Waals surface area contributed by atoms with Crippen LogP contribution in [0.3, 0.4) is 0 Å². The second-order valence-electron chi connectivity index (χ2n) is 2.03. The quantitative estimate of drug-likeness (QED) is 0.694. The van der Waals surface area contributed by atoms with Gasteiger partial charge in [-0.1, -0.05) is 23.2 Å². The molecule has 0 bridgehead atoms. The molecule has 1 atom stereocenters. The van der Waals surface area contributed by atoms with Gasteiger partial charge in [0.1, 0.15) is 0 Å². The summed E-state index contributed by atoms with van der Waals surface area (Å²) in [5.41, 5.74) is 0. The van der Waals surface area contributed by atoms with E-state index >= 15 is 0 Å². The molecule has 0 aliphatic carbocycles. The van der Waals surface area contributed by atoms with Gasteiger partial charge in [-0.3, -0.25) is 4.21 Å². The maximum Gasteiger partial charge on any atom is 0.0582 e. The monoisotopic (exact) mass is 208 g/mol. The molecule has 0 amide bonds. The van der Waals surface area contributed by atoms with Gasteiger partial charge in [0.25, 0.3) is 0 Å². The Kier molecular flexibility index (Phi) is 2.93. The minimum absolute atomic E-state index is 0.457. The first-order valence-electron chi connectivity index (χ1n) is 2.90. The van der Waals surface area contributed by atoms with Gasteiger partial charge in [0.2, 0.25) is 0 Å².